The fraction of sp³-hybridized carbons (Fsp3) is 0.263. The quantitative estimate of drug-likeness (QED) is 0.797. The summed E-state index contributed by atoms with van der Waals surface area (Å²) in [6.45, 7) is 0.598. The number of halogens is 1. The molecule has 5 nitrogen and oxygen atoms in total. The van der Waals surface area contributed by atoms with Crippen LogP contribution in [0.25, 0.3) is 0 Å². The molecule has 1 N–H and O–H groups in total. The Kier molecular flexibility index (Phi) is 6.51. The lowest BCUT2D eigenvalue weighted by Crippen LogP contribution is -2.32. The van der Waals surface area contributed by atoms with E-state index < -0.39 is 11.8 Å². The van der Waals surface area contributed by atoms with Crippen LogP contribution in [0.3, 0.4) is 0 Å². The Morgan fingerprint density at radius 3 is 2.48 bits per heavy atom. The third-order valence-electron chi connectivity index (χ3n) is 3.72. The number of carbonyl (C=O) groups is 2. The van der Waals surface area contributed by atoms with Gasteiger partial charge in [0.25, 0.3) is 5.91 Å². The summed E-state index contributed by atoms with van der Waals surface area (Å²) in [5.74, 6) is -1.81. The number of carboxylic acid groups (broad SMARTS) is 1. The molecule has 1 amide bonds. The predicted octanol–water partition coefficient (Wildman–Crippen LogP) is 3.34. The molecule has 2 aromatic rings. The van der Waals surface area contributed by atoms with Gasteiger partial charge in [-0.15, -0.1) is 0 Å². The number of carboxylic acids is 1. The van der Waals surface area contributed by atoms with Crippen LogP contribution in [-0.4, -0.2) is 35.5 Å². The second-order valence-corrected chi connectivity index (χ2v) is 5.56. The molecule has 0 heterocycles. The van der Waals surface area contributed by atoms with Crippen molar-refractivity contribution in [3.63, 3.8) is 0 Å². The molecule has 0 aliphatic heterocycles. The predicted molar refractivity (Wildman–Crippen MR) is 91.0 cm³/mol. The lowest BCUT2D eigenvalue weighted by Gasteiger charge is -2.23. The van der Waals surface area contributed by atoms with Crippen LogP contribution in [0.2, 0.25) is 0 Å². The van der Waals surface area contributed by atoms with Crippen molar-refractivity contribution in [2.24, 2.45) is 0 Å². The zero-order valence-corrected chi connectivity index (χ0v) is 13.9. The van der Waals surface area contributed by atoms with Gasteiger partial charge < -0.3 is 14.7 Å². The van der Waals surface area contributed by atoms with Crippen molar-refractivity contribution >= 4 is 11.9 Å². The van der Waals surface area contributed by atoms with Crippen LogP contribution in [-0.2, 0) is 11.3 Å². The molecule has 0 aliphatic rings. The first kappa shape index (κ1) is 18.4. The molecule has 0 saturated heterocycles. The van der Waals surface area contributed by atoms with Crippen LogP contribution in [0, 0.1) is 5.82 Å². The van der Waals surface area contributed by atoms with E-state index in [1.807, 2.05) is 30.3 Å². The zero-order valence-electron chi connectivity index (χ0n) is 13.9. The van der Waals surface area contributed by atoms with E-state index >= 15 is 0 Å². The summed E-state index contributed by atoms with van der Waals surface area (Å²) in [4.78, 5) is 25.0. The number of hydrogen-bond acceptors (Lipinski definition) is 3. The van der Waals surface area contributed by atoms with E-state index in [-0.39, 0.29) is 30.2 Å². The van der Waals surface area contributed by atoms with Gasteiger partial charge in [-0.1, -0.05) is 30.3 Å². The molecule has 0 unspecified atom stereocenters. The highest BCUT2D eigenvalue weighted by Gasteiger charge is 2.18. The molecule has 0 aromatic heterocycles. The summed E-state index contributed by atoms with van der Waals surface area (Å²) >= 11 is 0. The average Bonchev–Trinajstić information content (AvgIpc) is 2.60. The molecule has 0 spiro atoms. The molecule has 0 aliphatic carbocycles. The molecule has 132 valence electrons. The molecule has 2 rings (SSSR count). The maximum absolute atomic E-state index is 13.9. The van der Waals surface area contributed by atoms with Gasteiger partial charge in [0, 0.05) is 25.1 Å². The summed E-state index contributed by atoms with van der Waals surface area (Å²) in [6.07, 6.45) is 0.294. The van der Waals surface area contributed by atoms with Gasteiger partial charge in [0.2, 0.25) is 0 Å². The van der Waals surface area contributed by atoms with Crippen molar-refractivity contribution in [2.45, 2.75) is 19.4 Å². The van der Waals surface area contributed by atoms with Crippen LogP contribution in [0.1, 0.15) is 28.8 Å². The van der Waals surface area contributed by atoms with Crippen molar-refractivity contribution < 1.29 is 23.8 Å². The topological polar surface area (TPSA) is 66.8 Å². The number of benzene rings is 2. The van der Waals surface area contributed by atoms with E-state index in [4.69, 9.17) is 9.84 Å². The number of rotatable bonds is 8. The van der Waals surface area contributed by atoms with E-state index in [0.29, 0.717) is 13.0 Å². The smallest absolute Gasteiger partial charge is 0.303 e. The van der Waals surface area contributed by atoms with Crippen molar-refractivity contribution in [2.75, 3.05) is 13.7 Å². The van der Waals surface area contributed by atoms with Crippen LogP contribution in [0.15, 0.2) is 48.5 Å². The first-order valence-electron chi connectivity index (χ1n) is 7.90. The van der Waals surface area contributed by atoms with Crippen molar-refractivity contribution in [3.05, 3.63) is 65.5 Å². The Morgan fingerprint density at radius 1 is 1.16 bits per heavy atom. The minimum absolute atomic E-state index is 0.0322. The molecular formula is C19H20FNO4. The first-order valence-corrected chi connectivity index (χ1v) is 7.90. The van der Waals surface area contributed by atoms with Crippen molar-refractivity contribution in [1.29, 1.82) is 0 Å². The number of ether oxygens (including phenoxy) is 1. The van der Waals surface area contributed by atoms with Gasteiger partial charge in [-0.05, 0) is 30.2 Å². The largest absolute Gasteiger partial charge is 0.494 e. The highest BCUT2D eigenvalue weighted by Crippen LogP contribution is 2.19. The third kappa shape index (κ3) is 5.31. The Balaban J connectivity index is 2.18. The fourth-order valence-corrected chi connectivity index (χ4v) is 2.46. The SMILES string of the molecule is COc1ccc(C(=O)N(CCCC(=O)O)Cc2ccccc2)cc1F. The Labute approximate surface area is 145 Å². The minimum atomic E-state index is -0.914. The summed E-state index contributed by atoms with van der Waals surface area (Å²) < 4.78 is 18.7. The average molecular weight is 345 g/mol. The van der Waals surface area contributed by atoms with E-state index in [1.165, 1.54) is 24.1 Å². The summed E-state index contributed by atoms with van der Waals surface area (Å²) in [6, 6.07) is 13.4. The summed E-state index contributed by atoms with van der Waals surface area (Å²) in [7, 11) is 1.35. The highest BCUT2D eigenvalue weighted by atomic mass is 19.1. The lowest BCUT2D eigenvalue weighted by atomic mass is 10.1. The van der Waals surface area contributed by atoms with Crippen molar-refractivity contribution in [3.8, 4) is 5.75 Å². The maximum atomic E-state index is 13.9. The van der Waals surface area contributed by atoms with E-state index in [1.54, 1.807) is 0 Å². The Hall–Kier alpha value is -2.89. The fourth-order valence-electron chi connectivity index (χ4n) is 2.46. The molecule has 25 heavy (non-hydrogen) atoms. The van der Waals surface area contributed by atoms with Gasteiger partial charge in [0.15, 0.2) is 11.6 Å². The van der Waals surface area contributed by atoms with Crippen LogP contribution in [0.4, 0.5) is 4.39 Å². The van der Waals surface area contributed by atoms with Gasteiger partial charge in [-0.2, -0.15) is 0 Å². The molecule has 0 fully saturated rings. The third-order valence-corrected chi connectivity index (χ3v) is 3.72. The second kappa shape index (κ2) is 8.82. The summed E-state index contributed by atoms with van der Waals surface area (Å²) in [5.41, 5.74) is 1.12. The molecule has 0 radical (unpaired) electrons. The number of nitrogens with zero attached hydrogens (tertiary/aromatic N) is 1. The van der Waals surface area contributed by atoms with Crippen molar-refractivity contribution in [1.82, 2.24) is 4.90 Å². The maximum Gasteiger partial charge on any atom is 0.303 e. The second-order valence-electron chi connectivity index (χ2n) is 5.56. The monoisotopic (exact) mass is 345 g/mol. The van der Waals surface area contributed by atoms with Gasteiger partial charge in [0.05, 0.1) is 7.11 Å². The van der Waals surface area contributed by atoms with Crippen LogP contribution < -0.4 is 4.74 Å². The van der Waals surface area contributed by atoms with Gasteiger partial charge in [0.1, 0.15) is 0 Å². The lowest BCUT2D eigenvalue weighted by molar-refractivity contribution is -0.137. The van der Waals surface area contributed by atoms with Gasteiger partial charge in [-0.25, -0.2) is 4.39 Å². The molecule has 2 aromatic carbocycles. The zero-order chi connectivity index (χ0) is 18.2. The van der Waals surface area contributed by atoms with E-state index in [2.05, 4.69) is 0 Å². The van der Waals surface area contributed by atoms with Crippen LogP contribution in [0.5, 0.6) is 5.75 Å². The van der Waals surface area contributed by atoms with Crippen LogP contribution >= 0.6 is 0 Å². The number of aliphatic carboxylic acids is 1. The molecule has 0 bridgehead atoms. The number of methoxy groups -OCH3 is 1. The molecular weight excluding hydrogens is 325 g/mol. The minimum Gasteiger partial charge on any atom is -0.494 e. The normalized spacial score (nSPS) is 10.3. The Bertz CT molecular complexity index is 733. The first-order chi connectivity index (χ1) is 12.0. The molecule has 0 atom stereocenters. The number of carbonyl (C=O) groups excluding carboxylic acids is 1. The standard InChI is InChI=1S/C19H20FNO4/c1-25-17-10-9-15(12-16(17)20)19(24)21(11-5-8-18(22)23)13-14-6-3-2-4-7-14/h2-4,6-7,9-10,12H,5,8,11,13H2,1H3,(H,22,23). The summed E-state index contributed by atoms with van der Waals surface area (Å²) in [5, 5.41) is 8.80. The van der Waals surface area contributed by atoms with Gasteiger partial charge in [-0.3, -0.25) is 9.59 Å². The molecule has 6 heteroatoms. The Morgan fingerprint density at radius 2 is 1.88 bits per heavy atom. The van der Waals surface area contributed by atoms with E-state index in [0.717, 1.165) is 11.6 Å². The number of amides is 1. The van der Waals surface area contributed by atoms with E-state index in [9.17, 15) is 14.0 Å². The highest BCUT2D eigenvalue weighted by molar-refractivity contribution is 5.94. The van der Waals surface area contributed by atoms with Gasteiger partial charge >= 0.3 is 5.97 Å². The number of hydrogen-bond donors (Lipinski definition) is 1. The molecule has 0 saturated carbocycles.